The molecule has 6 heteroatoms. The summed E-state index contributed by atoms with van der Waals surface area (Å²) in [5.74, 6) is 2.83. The van der Waals surface area contributed by atoms with Gasteiger partial charge in [-0.2, -0.15) is 0 Å². The van der Waals surface area contributed by atoms with Crippen molar-refractivity contribution in [3.8, 4) is 23.0 Å². The molecule has 0 aliphatic heterocycles. The van der Waals surface area contributed by atoms with Gasteiger partial charge in [0.15, 0.2) is 23.0 Å². The van der Waals surface area contributed by atoms with E-state index in [1.165, 1.54) is 0 Å². The largest absolute Gasteiger partial charge is 0.493 e. The third-order valence-corrected chi connectivity index (χ3v) is 3.70. The van der Waals surface area contributed by atoms with Crippen molar-refractivity contribution in [1.29, 1.82) is 0 Å². The van der Waals surface area contributed by atoms with E-state index in [-0.39, 0.29) is 13.2 Å². The molecule has 0 spiro atoms. The van der Waals surface area contributed by atoms with Crippen molar-refractivity contribution in [3.63, 3.8) is 0 Å². The van der Waals surface area contributed by atoms with Crippen LogP contribution in [0.25, 0.3) is 0 Å². The second kappa shape index (κ2) is 12.0. The van der Waals surface area contributed by atoms with Gasteiger partial charge in [0.25, 0.3) is 0 Å². The average Bonchev–Trinajstić information content (AvgIpc) is 2.68. The van der Waals surface area contributed by atoms with Crippen LogP contribution in [0.5, 0.6) is 23.0 Å². The summed E-state index contributed by atoms with van der Waals surface area (Å²) < 4.78 is 20.4. The first-order chi connectivity index (χ1) is 12.6. The van der Waals surface area contributed by atoms with E-state index in [2.05, 4.69) is 0 Å². The molecule has 6 nitrogen and oxygen atoms in total. The normalized spacial score (nSPS) is 9.77. The Kier molecular flexibility index (Phi) is 9.97. The molecular formula is C20H28O6. The summed E-state index contributed by atoms with van der Waals surface area (Å²) in [6.45, 7) is 0.297. The number of ether oxygens (including phenoxy) is 4. The quantitative estimate of drug-likeness (QED) is 0.749. The standard InChI is InChI=1S/2C10H14O3/c2*1-12-9-4-3-8(5-6-11)7-10(9)13-2/h2*3-4,7,11H,5-6H2,1-2H3. The zero-order valence-electron chi connectivity index (χ0n) is 15.8. The maximum absolute atomic E-state index is 8.74. The Morgan fingerprint density at radius 1 is 0.577 bits per heavy atom. The third-order valence-electron chi connectivity index (χ3n) is 3.70. The molecule has 144 valence electrons. The molecule has 2 aromatic rings. The summed E-state index contributed by atoms with van der Waals surface area (Å²) in [6.07, 6.45) is 1.28. The molecule has 0 radical (unpaired) electrons. The number of hydrogen-bond donors (Lipinski definition) is 2. The Labute approximate surface area is 154 Å². The highest BCUT2D eigenvalue weighted by Gasteiger charge is 2.04. The monoisotopic (exact) mass is 364 g/mol. The van der Waals surface area contributed by atoms with E-state index in [0.717, 1.165) is 11.1 Å². The summed E-state index contributed by atoms with van der Waals surface area (Å²) in [5.41, 5.74) is 2.08. The van der Waals surface area contributed by atoms with Gasteiger partial charge in [-0.3, -0.25) is 0 Å². The van der Waals surface area contributed by atoms with Crippen molar-refractivity contribution in [3.05, 3.63) is 47.5 Å². The van der Waals surface area contributed by atoms with Gasteiger partial charge in [-0.25, -0.2) is 0 Å². The van der Waals surface area contributed by atoms with Crippen molar-refractivity contribution in [2.45, 2.75) is 12.8 Å². The molecule has 0 bridgehead atoms. The fourth-order valence-electron chi connectivity index (χ4n) is 2.33. The highest BCUT2D eigenvalue weighted by molar-refractivity contribution is 5.43. The zero-order chi connectivity index (χ0) is 19.4. The van der Waals surface area contributed by atoms with Crippen molar-refractivity contribution in [2.75, 3.05) is 41.7 Å². The van der Waals surface area contributed by atoms with Crippen molar-refractivity contribution >= 4 is 0 Å². The highest BCUT2D eigenvalue weighted by Crippen LogP contribution is 2.28. The first kappa shape index (κ1) is 21.6. The first-order valence-corrected chi connectivity index (χ1v) is 8.27. The fraction of sp³-hybridized carbons (Fsp3) is 0.400. The number of aliphatic hydroxyl groups excluding tert-OH is 2. The lowest BCUT2D eigenvalue weighted by molar-refractivity contribution is 0.298. The predicted molar refractivity (Wildman–Crippen MR) is 101 cm³/mol. The molecule has 2 aromatic carbocycles. The van der Waals surface area contributed by atoms with Crippen molar-refractivity contribution < 1.29 is 29.2 Å². The molecule has 0 aromatic heterocycles. The lowest BCUT2D eigenvalue weighted by atomic mass is 10.1. The number of rotatable bonds is 8. The van der Waals surface area contributed by atoms with Gasteiger partial charge >= 0.3 is 0 Å². The summed E-state index contributed by atoms with van der Waals surface area (Å²) in [7, 11) is 6.40. The van der Waals surface area contributed by atoms with E-state index in [0.29, 0.717) is 35.8 Å². The van der Waals surface area contributed by atoms with Crippen LogP contribution in [0, 0.1) is 0 Å². The fourth-order valence-corrected chi connectivity index (χ4v) is 2.33. The minimum absolute atomic E-state index is 0.148. The van der Waals surface area contributed by atoms with Crippen LogP contribution in [0.4, 0.5) is 0 Å². The van der Waals surface area contributed by atoms with Crippen LogP contribution in [-0.2, 0) is 12.8 Å². The maximum Gasteiger partial charge on any atom is 0.160 e. The Morgan fingerprint density at radius 3 is 1.19 bits per heavy atom. The molecular weight excluding hydrogens is 336 g/mol. The molecule has 0 atom stereocenters. The van der Waals surface area contributed by atoms with Gasteiger partial charge in [-0.1, -0.05) is 12.1 Å². The Hall–Kier alpha value is -2.44. The van der Waals surface area contributed by atoms with Gasteiger partial charge < -0.3 is 29.2 Å². The van der Waals surface area contributed by atoms with E-state index in [9.17, 15) is 0 Å². The second-order valence-electron chi connectivity index (χ2n) is 5.33. The minimum Gasteiger partial charge on any atom is -0.493 e. The molecule has 0 unspecified atom stereocenters. The Balaban J connectivity index is 0.000000260. The Bertz CT molecular complexity index is 599. The zero-order valence-corrected chi connectivity index (χ0v) is 15.8. The van der Waals surface area contributed by atoms with Gasteiger partial charge in [-0.15, -0.1) is 0 Å². The Morgan fingerprint density at radius 2 is 0.923 bits per heavy atom. The van der Waals surface area contributed by atoms with Gasteiger partial charge in [-0.05, 0) is 48.2 Å². The lowest BCUT2D eigenvalue weighted by Crippen LogP contribution is -1.94. The van der Waals surface area contributed by atoms with E-state index < -0.39 is 0 Å². The molecule has 0 aliphatic rings. The van der Waals surface area contributed by atoms with Crippen LogP contribution < -0.4 is 18.9 Å². The number of aliphatic hydroxyl groups is 2. The first-order valence-electron chi connectivity index (χ1n) is 8.27. The highest BCUT2D eigenvalue weighted by atomic mass is 16.5. The summed E-state index contributed by atoms with van der Waals surface area (Å²) >= 11 is 0. The van der Waals surface area contributed by atoms with Gasteiger partial charge in [0, 0.05) is 13.2 Å². The molecule has 2 rings (SSSR count). The van der Waals surface area contributed by atoms with E-state index in [1.54, 1.807) is 28.4 Å². The van der Waals surface area contributed by atoms with Crippen LogP contribution >= 0.6 is 0 Å². The SMILES string of the molecule is COc1ccc(CCO)cc1OC.COc1ccc(CCO)cc1OC. The van der Waals surface area contributed by atoms with Gasteiger partial charge in [0.05, 0.1) is 28.4 Å². The van der Waals surface area contributed by atoms with Crippen LogP contribution in [0.2, 0.25) is 0 Å². The molecule has 0 aliphatic carbocycles. The molecule has 0 fully saturated rings. The smallest absolute Gasteiger partial charge is 0.160 e. The predicted octanol–water partition coefficient (Wildman–Crippen LogP) is 2.48. The van der Waals surface area contributed by atoms with Crippen molar-refractivity contribution in [2.24, 2.45) is 0 Å². The van der Waals surface area contributed by atoms with E-state index in [4.69, 9.17) is 29.2 Å². The third kappa shape index (κ3) is 6.46. The molecule has 0 heterocycles. The number of methoxy groups -OCH3 is 4. The topological polar surface area (TPSA) is 77.4 Å². The summed E-state index contributed by atoms with van der Waals surface area (Å²) in [5, 5.41) is 17.5. The van der Waals surface area contributed by atoms with Crippen LogP contribution in [0.1, 0.15) is 11.1 Å². The summed E-state index contributed by atoms with van der Waals surface area (Å²) in [4.78, 5) is 0. The van der Waals surface area contributed by atoms with E-state index >= 15 is 0 Å². The minimum atomic E-state index is 0.148. The second-order valence-corrected chi connectivity index (χ2v) is 5.33. The number of hydrogen-bond acceptors (Lipinski definition) is 6. The summed E-state index contributed by atoms with van der Waals surface area (Å²) in [6, 6.07) is 11.2. The van der Waals surface area contributed by atoms with Gasteiger partial charge in [0.2, 0.25) is 0 Å². The van der Waals surface area contributed by atoms with Crippen molar-refractivity contribution in [1.82, 2.24) is 0 Å². The molecule has 2 N–H and O–H groups in total. The lowest BCUT2D eigenvalue weighted by Gasteiger charge is -2.08. The van der Waals surface area contributed by atoms with Crippen LogP contribution in [0.3, 0.4) is 0 Å². The molecule has 0 saturated heterocycles. The average molecular weight is 364 g/mol. The van der Waals surface area contributed by atoms with E-state index in [1.807, 2.05) is 36.4 Å². The van der Waals surface area contributed by atoms with Crippen LogP contribution in [-0.4, -0.2) is 51.9 Å². The molecule has 0 amide bonds. The molecule has 26 heavy (non-hydrogen) atoms. The molecule has 0 saturated carbocycles. The van der Waals surface area contributed by atoms with Crippen LogP contribution in [0.15, 0.2) is 36.4 Å². The maximum atomic E-state index is 8.74. The van der Waals surface area contributed by atoms with Gasteiger partial charge in [0.1, 0.15) is 0 Å². The number of benzene rings is 2.